The number of nitrogens with zero attached hydrogens (tertiary/aromatic N) is 1. The van der Waals surface area contributed by atoms with Crippen molar-refractivity contribution in [3.8, 4) is 11.8 Å². The smallest absolute Gasteiger partial charge is 0.271 e. The molecule has 0 atom stereocenters. The highest BCUT2D eigenvalue weighted by Crippen LogP contribution is 2.18. The highest BCUT2D eigenvalue weighted by atomic mass is 16.2. The van der Waals surface area contributed by atoms with E-state index in [4.69, 9.17) is 5.73 Å². The van der Waals surface area contributed by atoms with Crippen LogP contribution >= 0.6 is 0 Å². The predicted octanol–water partition coefficient (Wildman–Crippen LogP) is -0.210. The summed E-state index contributed by atoms with van der Waals surface area (Å²) in [5.41, 5.74) is 6.10. The van der Waals surface area contributed by atoms with Gasteiger partial charge < -0.3 is 16.4 Å². The highest BCUT2D eigenvalue weighted by molar-refractivity contribution is 5.95. The topological polar surface area (TPSA) is 97.1 Å². The summed E-state index contributed by atoms with van der Waals surface area (Å²) in [4.78, 5) is 27.6. The summed E-state index contributed by atoms with van der Waals surface area (Å²) in [6.07, 6.45) is 3.89. The van der Waals surface area contributed by atoms with Crippen LogP contribution in [-0.4, -0.2) is 35.9 Å². The summed E-state index contributed by atoms with van der Waals surface area (Å²) in [6.45, 7) is 0.495. The fourth-order valence-corrected chi connectivity index (χ4v) is 1.73. The molecule has 1 aromatic heterocycles. The minimum atomic E-state index is -0.337. The first kappa shape index (κ1) is 15.0. The van der Waals surface area contributed by atoms with E-state index in [0.717, 1.165) is 12.8 Å². The van der Waals surface area contributed by atoms with Crippen LogP contribution in [0, 0.1) is 11.8 Å². The van der Waals surface area contributed by atoms with Crippen LogP contribution in [0.25, 0.3) is 0 Å². The molecule has 1 aromatic rings. The number of nitrogens with two attached hydrogens (primary N) is 1. The zero-order valence-electron chi connectivity index (χ0n) is 11.7. The number of pyridine rings is 1. The molecule has 2 rings (SSSR count). The Hall–Kier alpha value is -2.39. The van der Waals surface area contributed by atoms with Crippen LogP contribution in [0.3, 0.4) is 0 Å². The van der Waals surface area contributed by atoms with Crippen LogP contribution in [0.15, 0.2) is 18.3 Å². The normalized spacial score (nSPS) is 13.0. The Labute approximate surface area is 123 Å². The maximum Gasteiger partial charge on any atom is 0.271 e. The van der Waals surface area contributed by atoms with E-state index in [-0.39, 0.29) is 37.0 Å². The average molecular weight is 286 g/mol. The maximum absolute atomic E-state index is 12.0. The van der Waals surface area contributed by atoms with Crippen molar-refractivity contribution in [1.82, 2.24) is 15.6 Å². The SMILES string of the molecule is NCC#Cc1cccnc1C(=O)NCCC(=O)NC1CC1. The van der Waals surface area contributed by atoms with Gasteiger partial charge in [-0.2, -0.15) is 0 Å². The second-order valence-corrected chi connectivity index (χ2v) is 4.75. The van der Waals surface area contributed by atoms with Gasteiger partial charge in [-0.3, -0.25) is 9.59 Å². The van der Waals surface area contributed by atoms with Crippen LogP contribution in [0.5, 0.6) is 0 Å². The van der Waals surface area contributed by atoms with Crippen LogP contribution in [0.1, 0.15) is 35.3 Å². The molecular weight excluding hydrogens is 268 g/mol. The number of hydrogen-bond acceptors (Lipinski definition) is 4. The summed E-state index contributed by atoms with van der Waals surface area (Å²) in [6, 6.07) is 3.76. The van der Waals surface area contributed by atoms with Gasteiger partial charge >= 0.3 is 0 Å². The minimum Gasteiger partial charge on any atom is -0.353 e. The molecule has 6 nitrogen and oxygen atoms in total. The third kappa shape index (κ3) is 4.89. The maximum atomic E-state index is 12.0. The first-order chi connectivity index (χ1) is 10.2. The molecule has 1 heterocycles. The Morgan fingerprint density at radius 3 is 2.95 bits per heavy atom. The molecule has 0 saturated heterocycles. The number of aromatic nitrogens is 1. The van der Waals surface area contributed by atoms with Gasteiger partial charge in [-0.25, -0.2) is 4.98 Å². The second kappa shape index (κ2) is 7.41. The Bertz CT molecular complexity index is 585. The molecule has 0 unspecified atom stereocenters. The van der Waals surface area contributed by atoms with Crippen LogP contribution in [0.4, 0.5) is 0 Å². The van der Waals surface area contributed by atoms with Crippen molar-refractivity contribution in [2.45, 2.75) is 25.3 Å². The molecule has 1 saturated carbocycles. The Kier molecular flexibility index (Phi) is 5.29. The quantitative estimate of drug-likeness (QED) is 0.652. The minimum absolute atomic E-state index is 0.0398. The molecule has 21 heavy (non-hydrogen) atoms. The van der Waals surface area contributed by atoms with E-state index in [0.29, 0.717) is 11.6 Å². The molecule has 6 heteroatoms. The van der Waals surface area contributed by atoms with E-state index in [1.807, 2.05) is 0 Å². The predicted molar refractivity (Wildman–Crippen MR) is 78.3 cm³/mol. The van der Waals surface area contributed by atoms with Crippen molar-refractivity contribution < 1.29 is 9.59 Å². The van der Waals surface area contributed by atoms with Crippen LogP contribution < -0.4 is 16.4 Å². The lowest BCUT2D eigenvalue weighted by Gasteiger charge is -2.06. The molecule has 0 aromatic carbocycles. The molecule has 1 aliphatic carbocycles. The van der Waals surface area contributed by atoms with E-state index >= 15 is 0 Å². The van der Waals surface area contributed by atoms with Gasteiger partial charge in [0.1, 0.15) is 5.69 Å². The largest absolute Gasteiger partial charge is 0.353 e. The zero-order chi connectivity index (χ0) is 15.1. The third-order valence-electron chi connectivity index (χ3n) is 2.93. The fraction of sp³-hybridized carbons (Fsp3) is 0.400. The standard InChI is InChI=1S/C15H18N4O2/c16-8-1-3-11-4-2-9-17-14(11)15(21)18-10-7-13(20)19-12-5-6-12/h2,4,9,12H,5-8,10,16H2,(H,18,21)(H,19,20). The molecule has 0 aliphatic heterocycles. The van der Waals surface area contributed by atoms with Crippen molar-refractivity contribution in [2.75, 3.05) is 13.1 Å². The van der Waals surface area contributed by atoms with Gasteiger partial charge in [-0.1, -0.05) is 11.8 Å². The van der Waals surface area contributed by atoms with Gasteiger partial charge in [-0.05, 0) is 25.0 Å². The lowest BCUT2D eigenvalue weighted by Crippen LogP contribution is -2.32. The van der Waals surface area contributed by atoms with Gasteiger partial charge in [0.15, 0.2) is 0 Å². The summed E-state index contributed by atoms with van der Waals surface area (Å²) in [5, 5.41) is 5.54. The lowest BCUT2D eigenvalue weighted by molar-refractivity contribution is -0.121. The van der Waals surface area contributed by atoms with E-state index in [1.165, 1.54) is 6.20 Å². The summed E-state index contributed by atoms with van der Waals surface area (Å²) in [5.74, 6) is 5.13. The summed E-state index contributed by atoms with van der Waals surface area (Å²) in [7, 11) is 0. The average Bonchev–Trinajstić information content (AvgIpc) is 3.29. The molecule has 2 amide bonds. The highest BCUT2D eigenvalue weighted by Gasteiger charge is 2.22. The molecule has 0 bridgehead atoms. The first-order valence-electron chi connectivity index (χ1n) is 6.92. The molecule has 0 radical (unpaired) electrons. The van der Waals surface area contributed by atoms with E-state index in [9.17, 15) is 9.59 Å². The molecule has 110 valence electrons. The Morgan fingerprint density at radius 1 is 1.43 bits per heavy atom. The fourth-order valence-electron chi connectivity index (χ4n) is 1.73. The van der Waals surface area contributed by atoms with Gasteiger partial charge in [-0.15, -0.1) is 0 Å². The first-order valence-corrected chi connectivity index (χ1v) is 6.92. The van der Waals surface area contributed by atoms with Gasteiger partial charge in [0.25, 0.3) is 5.91 Å². The van der Waals surface area contributed by atoms with Gasteiger partial charge in [0.05, 0.1) is 12.1 Å². The van der Waals surface area contributed by atoms with Gasteiger partial charge in [0, 0.05) is 25.2 Å². The van der Waals surface area contributed by atoms with E-state index in [1.54, 1.807) is 12.1 Å². The molecule has 0 spiro atoms. The van der Waals surface area contributed by atoms with Crippen LogP contribution in [-0.2, 0) is 4.79 Å². The molecule has 1 aliphatic rings. The third-order valence-corrected chi connectivity index (χ3v) is 2.93. The van der Waals surface area contributed by atoms with Crippen molar-refractivity contribution >= 4 is 11.8 Å². The van der Waals surface area contributed by atoms with Crippen molar-refractivity contribution in [3.63, 3.8) is 0 Å². The number of rotatable bonds is 5. The number of nitrogens with one attached hydrogen (secondary N) is 2. The molecule has 1 fully saturated rings. The number of amides is 2. The monoisotopic (exact) mass is 286 g/mol. The Morgan fingerprint density at radius 2 is 2.24 bits per heavy atom. The molecule has 4 N–H and O–H groups in total. The summed E-state index contributed by atoms with van der Waals surface area (Å²) >= 11 is 0. The van der Waals surface area contributed by atoms with Crippen molar-refractivity contribution in [2.24, 2.45) is 5.73 Å². The number of hydrogen-bond donors (Lipinski definition) is 3. The van der Waals surface area contributed by atoms with Gasteiger partial charge in [0.2, 0.25) is 5.91 Å². The second-order valence-electron chi connectivity index (χ2n) is 4.75. The summed E-state index contributed by atoms with van der Waals surface area (Å²) < 4.78 is 0. The van der Waals surface area contributed by atoms with E-state index in [2.05, 4.69) is 27.5 Å². The lowest BCUT2D eigenvalue weighted by atomic mass is 10.2. The van der Waals surface area contributed by atoms with Crippen molar-refractivity contribution in [1.29, 1.82) is 0 Å². The molecular formula is C15H18N4O2. The number of carbonyl (C=O) groups is 2. The Balaban J connectivity index is 1.86. The number of carbonyl (C=O) groups excluding carboxylic acids is 2. The van der Waals surface area contributed by atoms with Crippen LogP contribution in [0.2, 0.25) is 0 Å². The zero-order valence-corrected chi connectivity index (χ0v) is 11.7. The van der Waals surface area contributed by atoms with E-state index < -0.39 is 0 Å². The van der Waals surface area contributed by atoms with Crippen molar-refractivity contribution in [3.05, 3.63) is 29.6 Å².